The second-order valence-corrected chi connectivity index (χ2v) is 6.80. The molecule has 3 amide bonds. The molecule has 0 saturated carbocycles. The predicted octanol–water partition coefficient (Wildman–Crippen LogP) is 2.66. The molecule has 0 bridgehead atoms. The summed E-state index contributed by atoms with van der Waals surface area (Å²) in [5.41, 5.74) is 0.724. The number of carbonyl (C=O) groups is 3. The molecule has 1 aliphatic heterocycles. The quantitative estimate of drug-likeness (QED) is 0.613. The number of nitrogens with one attached hydrogen (secondary N) is 1. The van der Waals surface area contributed by atoms with Gasteiger partial charge < -0.3 is 14.8 Å². The van der Waals surface area contributed by atoms with Crippen LogP contribution in [-0.2, 0) is 10.3 Å². The van der Waals surface area contributed by atoms with Gasteiger partial charge in [-0.3, -0.25) is 14.5 Å². The van der Waals surface area contributed by atoms with E-state index in [1.54, 1.807) is 31.2 Å². The van der Waals surface area contributed by atoms with Gasteiger partial charge in [-0.15, -0.1) is 0 Å². The molecule has 0 aromatic heterocycles. The number of aryl methyl sites for hydroxylation is 1. The third kappa shape index (κ3) is 3.31. The largest absolute Gasteiger partial charge is 0.497 e. The second kappa shape index (κ2) is 7.34. The highest BCUT2D eigenvalue weighted by Crippen LogP contribution is 2.30. The van der Waals surface area contributed by atoms with Gasteiger partial charge in [-0.25, -0.2) is 4.79 Å². The van der Waals surface area contributed by atoms with Crippen LogP contribution in [0.25, 0.3) is 0 Å². The summed E-state index contributed by atoms with van der Waals surface area (Å²) >= 11 is 0. The van der Waals surface area contributed by atoms with Crippen LogP contribution in [0.5, 0.6) is 11.5 Å². The lowest BCUT2D eigenvalue weighted by Gasteiger charge is -2.22. The van der Waals surface area contributed by atoms with Gasteiger partial charge in [-0.1, -0.05) is 29.8 Å². The number of nitrogens with zero attached hydrogens (tertiary/aromatic N) is 1. The third-order valence-electron chi connectivity index (χ3n) is 4.91. The van der Waals surface area contributed by atoms with E-state index in [1.807, 2.05) is 19.1 Å². The topological polar surface area (TPSA) is 84.9 Å². The number of rotatable bonds is 6. The summed E-state index contributed by atoms with van der Waals surface area (Å²) in [6.07, 6.45) is 0. The minimum Gasteiger partial charge on any atom is -0.497 e. The molecular weight excluding hydrogens is 360 g/mol. The Labute approximate surface area is 163 Å². The Morgan fingerprint density at radius 1 is 1.07 bits per heavy atom. The summed E-state index contributed by atoms with van der Waals surface area (Å²) in [5.74, 6) is -0.0750. The van der Waals surface area contributed by atoms with E-state index in [4.69, 9.17) is 9.47 Å². The minimum atomic E-state index is -1.22. The number of benzene rings is 2. The number of methoxy groups -OCH3 is 2. The smallest absolute Gasteiger partial charge is 0.325 e. The molecule has 0 aliphatic carbocycles. The van der Waals surface area contributed by atoms with Gasteiger partial charge in [0.25, 0.3) is 5.91 Å². The first-order valence-corrected chi connectivity index (χ1v) is 8.76. The summed E-state index contributed by atoms with van der Waals surface area (Å²) in [6, 6.07) is 11.5. The van der Waals surface area contributed by atoms with Crippen LogP contribution in [0.3, 0.4) is 0 Å². The molecule has 0 radical (unpaired) electrons. The molecule has 0 unspecified atom stereocenters. The van der Waals surface area contributed by atoms with E-state index < -0.39 is 29.8 Å². The van der Waals surface area contributed by atoms with Gasteiger partial charge in [0.05, 0.1) is 26.3 Å². The number of Topliss-reactive ketones (excluding diaryl/α,β-unsaturated/α-hetero) is 1. The summed E-state index contributed by atoms with van der Waals surface area (Å²) < 4.78 is 10.4. The molecule has 1 fully saturated rings. The van der Waals surface area contributed by atoms with Crippen LogP contribution >= 0.6 is 0 Å². The molecule has 146 valence electrons. The Kier molecular flexibility index (Phi) is 5.09. The first kappa shape index (κ1) is 19.4. The number of hydrogen-bond donors (Lipinski definition) is 1. The molecule has 1 heterocycles. The lowest BCUT2D eigenvalue weighted by atomic mass is 9.91. The highest BCUT2D eigenvalue weighted by molar-refractivity contribution is 6.11. The molecular formula is C21H22N2O5. The molecule has 7 nitrogen and oxygen atoms in total. The summed E-state index contributed by atoms with van der Waals surface area (Å²) in [7, 11) is 2.93. The van der Waals surface area contributed by atoms with Crippen LogP contribution in [0.2, 0.25) is 0 Å². The fourth-order valence-corrected chi connectivity index (χ4v) is 3.18. The maximum Gasteiger partial charge on any atom is 0.325 e. The van der Waals surface area contributed by atoms with Crippen LogP contribution in [0.4, 0.5) is 4.79 Å². The maximum atomic E-state index is 13.0. The van der Waals surface area contributed by atoms with E-state index in [0.717, 1.165) is 10.5 Å². The molecule has 1 saturated heterocycles. The molecule has 2 aromatic carbocycles. The van der Waals surface area contributed by atoms with Crippen LogP contribution in [0.1, 0.15) is 28.4 Å². The molecule has 28 heavy (non-hydrogen) atoms. The standard InChI is InChI=1S/C21H22N2O5/c1-13-5-7-14(8-6-13)21(2)19(25)23(20(26)22-21)12-17(24)16-11-15(27-3)9-10-18(16)28-4/h5-11H,12H2,1-4H3,(H,22,26)/t21-/m0/s1. The van der Waals surface area contributed by atoms with Crippen molar-refractivity contribution < 1.29 is 23.9 Å². The lowest BCUT2D eigenvalue weighted by molar-refractivity contribution is -0.130. The average molecular weight is 382 g/mol. The summed E-state index contributed by atoms with van der Waals surface area (Å²) in [6.45, 7) is 3.18. The SMILES string of the molecule is COc1ccc(OC)c(C(=O)CN2C(=O)N[C@@](C)(c3ccc(C)cc3)C2=O)c1. The van der Waals surface area contributed by atoms with E-state index >= 15 is 0 Å². The van der Waals surface area contributed by atoms with E-state index in [0.29, 0.717) is 17.1 Å². The number of ether oxygens (including phenoxy) is 2. The van der Waals surface area contributed by atoms with Crippen molar-refractivity contribution in [3.63, 3.8) is 0 Å². The monoisotopic (exact) mass is 382 g/mol. The zero-order valence-electron chi connectivity index (χ0n) is 16.2. The zero-order chi connectivity index (χ0) is 20.5. The van der Waals surface area contributed by atoms with Crippen molar-refractivity contribution in [2.75, 3.05) is 20.8 Å². The van der Waals surface area contributed by atoms with Gasteiger partial charge >= 0.3 is 6.03 Å². The van der Waals surface area contributed by atoms with E-state index in [-0.39, 0.29) is 5.56 Å². The highest BCUT2D eigenvalue weighted by atomic mass is 16.5. The Morgan fingerprint density at radius 2 is 1.75 bits per heavy atom. The number of amides is 3. The van der Waals surface area contributed by atoms with Crippen LogP contribution < -0.4 is 14.8 Å². The van der Waals surface area contributed by atoms with E-state index in [2.05, 4.69) is 5.32 Å². The van der Waals surface area contributed by atoms with Crippen molar-refractivity contribution in [2.45, 2.75) is 19.4 Å². The molecule has 0 spiro atoms. The first-order chi connectivity index (χ1) is 13.3. The van der Waals surface area contributed by atoms with Crippen molar-refractivity contribution in [1.82, 2.24) is 10.2 Å². The van der Waals surface area contributed by atoms with E-state index in [1.165, 1.54) is 20.3 Å². The molecule has 1 aliphatic rings. The Bertz CT molecular complexity index is 938. The average Bonchev–Trinajstić information content (AvgIpc) is 2.91. The van der Waals surface area contributed by atoms with Crippen molar-refractivity contribution in [3.05, 3.63) is 59.2 Å². The number of urea groups is 1. The fourth-order valence-electron chi connectivity index (χ4n) is 3.18. The minimum absolute atomic E-state index is 0.242. The van der Waals surface area contributed by atoms with Crippen LogP contribution in [-0.4, -0.2) is 43.4 Å². The maximum absolute atomic E-state index is 13.0. The van der Waals surface area contributed by atoms with Gasteiger partial charge in [-0.2, -0.15) is 0 Å². The first-order valence-electron chi connectivity index (χ1n) is 8.76. The Balaban J connectivity index is 1.87. The predicted molar refractivity (Wildman–Crippen MR) is 103 cm³/mol. The highest BCUT2D eigenvalue weighted by Gasteiger charge is 2.49. The lowest BCUT2D eigenvalue weighted by Crippen LogP contribution is -2.41. The van der Waals surface area contributed by atoms with Crippen molar-refractivity contribution in [1.29, 1.82) is 0 Å². The van der Waals surface area contributed by atoms with Crippen molar-refractivity contribution in [2.24, 2.45) is 0 Å². The Hall–Kier alpha value is -3.35. The molecule has 2 aromatic rings. The van der Waals surface area contributed by atoms with E-state index in [9.17, 15) is 14.4 Å². The van der Waals surface area contributed by atoms with Crippen LogP contribution in [0, 0.1) is 6.92 Å². The second-order valence-electron chi connectivity index (χ2n) is 6.80. The number of ketones is 1. The summed E-state index contributed by atoms with van der Waals surface area (Å²) in [4.78, 5) is 39.2. The van der Waals surface area contributed by atoms with Crippen LogP contribution in [0.15, 0.2) is 42.5 Å². The van der Waals surface area contributed by atoms with Gasteiger partial charge in [0.2, 0.25) is 0 Å². The zero-order valence-corrected chi connectivity index (χ0v) is 16.2. The van der Waals surface area contributed by atoms with Crippen molar-refractivity contribution >= 4 is 17.7 Å². The molecule has 3 rings (SSSR count). The Morgan fingerprint density at radius 3 is 2.36 bits per heavy atom. The normalized spacial score (nSPS) is 18.8. The number of hydrogen-bond acceptors (Lipinski definition) is 5. The molecule has 7 heteroatoms. The van der Waals surface area contributed by atoms with Gasteiger partial charge in [0.1, 0.15) is 17.0 Å². The fraction of sp³-hybridized carbons (Fsp3) is 0.286. The van der Waals surface area contributed by atoms with Gasteiger partial charge in [-0.05, 0) is 37.6 Å². The summed E-state index contributed by atoms with van der Waals surface area (Å²) in [5, 5.41) is 2.70. The van der Waals surface area contributed by atoms with Gasteiger partial charge in [0.15, 0.2) is 5.78 Å². The molecule has 1 atom stereocenters. The number of carbonyl (C=O) groups excluding carboxylic acids is 3. The van der Waals surface area contributed by atoms with Crippen molar-refractivity contribution in [3.8, 4) is 11.5 Å². The molecule has 1 N–H and O–H groups in total. The number of imide groups is 1. The van der Waals surface area contributed by atoms with Gasteiger partial charge in [0, 0.05) is 0 Å². The third-order valence-corrected chi connectivity index (χ3v) is 4.91.